The maximum Gasteiger partial charge on any atom is 0.322 e. The smallest absolute Gasteiger partial charge is 0.322 e. The van der Waals surface area contributed by atoms with Gasteiger partial charge in [-0.05, 0) is 38.1 Å². The largest absolute Gasteiger partial charge is 0.497 e. The summed E-state index contributed by atoms with van der Waals surface area (Å²) < 4.78 is 5.03. The molecule has 2 amide bonds. The number of urea groups is 1. The summed E-state index contributed by atoms with van der Waals surface area (Å²) in [6, 6.07) is 8.70. The average molecular weight is 247 g/mol. The van der Waals surface area contributed by atoms with Gasteiger partial charge < -0.3 is 15.0 Å². The first-order valence-corrected chi connectivity index (χ1v) is 5.67. The molecular formula is C13H17N3O2. The number of nitriles is 1. The highest BCUT2D eigenvalue weighted by Crippen LogP contribution is 2.15. The molecule has 5 nitrogen and oxygen atoms in total. The van der Waals surface area contributed by atoms with Gasteiger partial charge in [-0.25, -0.2) is 4.79 Å². The first kappa shape index (κ1) is 13.8. The van der Waals surface area contributed by atoms with E-state index < -0.39 is 0 Å². The predicted molar refractivity (Wildman–Crippen MR) is 69.5 cm³/mol. The second-order valence-electron chi connectivity index (χ2n) is 4.04. The van der Waals surface area contributed by atoms with Crippen molar-refractivity contribution in [2.45, 2.75) is 19.9 Å². The van der Waals surface area contributed by atoms with Crippen LogP contribution in [0.1, 0.15) is 13.8 Å². The number of benzene rings is 1. The molecule has 1 aromatic rings. The molecule has 5 heteroatoms. The van der Waals surface area contributed by atoms with Gasteiger partial charge in [0, 0.05) is 11.7 Å². The van der Waals surface area contributed by atoms with Crippen molar-refractivity contribution in [2.75, 3.05) is 19.0 Å². The SMILES string of the molecule is COc1ccc(NC(=O)N(CC#N)C(C)C)cc1. The molecule has 1 aromatic carbocycles. The van der Waals surface area contributed by atoms with Crippen molar-refractivity contribution in [3.63, 3.8) is 0 Å². The van der Waals surface area contributed by atoms with Gasteiger partial charge in [-0.15, -0.1) is 0 Å². The Labute approximate surface area is 107 Å². The topological polar surface area (TPSA) is 65.4 Å². The van der Waals surface area contributed by atoms with Crippen LogP contribution in [0.15, 0.2) is 24.3 Å². The highest BCUT2D eigenvalue weighted by molar-refractivity contribution is 5.89. The van der Waals surface area contributed by atoms with Crippen molar-refractivity contribution in [1.82, 2.24) is 4.90 Å². The van der Waals surface area contributed by atoms with Gasteiger partial charge in [0.05, 0.1) is 13.2 Å². The maximum atomic E-state index is 11.9. The van der Waals surface area contributed by atoms with Gasteiger partial charge in [0.1, 0.15) is 12.3 Å². The lowest BCUT2D eigenvalue weighted by Gasteiger charge is -2.24. The van der Waals surface area contributed by atoms with Crippen molar-refractivity contribution in [3.8, 4) is 11.8 Å². The third-order valence-electron chi connectivity index (χ3n) is 2.47. The summed E-state index contributed by atoms with van der Waals surface area (Å²) in [4.78, 5) is 13.4. The van der Waals surface area contributed by atoms with Gasteiger partial charge in [-0.1, -0.05) is 0 Å². The normalized spacial score (nSPS) is 9.72. The zero-order valence-corrected chi connectivity index (χ0v) is 10.8. The highest BCUT2D eigenvalue weighted by Gasteiger charge is 2.16. The Kier molecular flexibility index (Phi) is 5.00. The number of nitrogens with zero attached hydrogens (tertiary/aromatic N) is 2. The molecular weight excluding hydrogens is 230 g/mol. The molecule has 18 heavy (non-hydrogen) atoms. The minimum atomic E-state index is -0.281. The molecule has 0 saturated carbocycles. The fourth-order valence-corrected chi connectivity index (χ4v) is 1.43. The molecule has 0 aliphatic rings. The fourth-order valence-electron chi connectivity index (χ4n) is 1.43. The molecule has 0 unspecified atom stereocenters. The zero-order chi connectivity index (χ0) is 13.5. The molecule has 0 bridgehead atoms. The van der Waals surface area contributed by atoms with Crippen LogP contribution in [0.5, 0.6) is 5.75 Å². The van der Waals surface area contributed by atoms with E-state index in [0.29, 0.717) is 5.69 Å². The molecule has 0 aliphatic heterocycles. The number of methoxy groups -OCH3 is 1. The third-order valence-corrected chi connectivity index (χ3v) is 2.47. The summed E-state index contributed by atoms with van der Waals surface area (Å²) in [5.74, 6) is 0.728. The Morgan fingerprint density at radius 2 is 2.06 bits per heavy atom. The van der Waals surface area contributed by atoms with Crippen molar-refractivity contribution < 1.29 is 9.53 Å². The first-order chi connectivity index (χ1) is 8.58. The van der Waals surface area contributed by atoms with E-state index in [2.05, 4.69) is 5.32 Å². The third kappa shape index (κ3) is 3.67. The van der Waals surface area contributed by atoms with Crippen molar-refractivity contribution in [3.05, 3.63) is 24.3 Å². The van der Waals surface area contributed by atoms with Crippen LogP contribution in [0.2, 0.25) is 0 Å². The molecule has 1 N–H and O–H groups in total. The summed E-state index contributed by atoms with van der Waals surface area (Å²) in [5, 5.41) is 11.4. The van der Waals surface area contributed by atoms with Gasteiger partial charge in [0.25, 0.3) is 0 Å². The molecule has 0 atom stereocenters. The standard InChI is InChI=1S/C13H17N3O2/c1-10(2)16(9-8-14)13(17)15-11-4-6-12(18-3)7-5-11/h4-7,10H,9H2,1-3H3,(H,15,17). The van der Waals surface area contributed by atoms with E-state index in [9.17, 15) is 4.79 Å². The van der Waals surface area contributed by atoms with Gasteiger partial charge in [0.15, 0.2) is 0 Å². The van der Waals surface area contributed by atoms with Crippen LogP contribution in [0.25, 0.3) is 0 Å². The molecule has 0 radical (unpaired) electrons. The Balaban J connectivity index is 2.70. The first-order valence-electron chi connectivity index (χ1n) is 5.67. The summed E-state index contributed by atoms with van der Waals surface area (Å²) >= 11 is 0. The van der Waals surface area contributed by atoms with Crippen LogP contribution in [0.4, 0.5) is 10.5 Å². The van der Waals surface area contributed by atoms with E-state index in [0.717, 1.165) is 5.75 Å². The molecule has 0 spiro atoms. The quantitative estimate of drug-likeness (QED) is 0.831. The minimum Gasteiger partial charge on any atom is -0.497 e. The summed E-state index contributed by atoms with van der Waals surface area (Å²) in [5.41, 5.74) is 0.671. The summed E-state index contributed by atoms with van der Waals surface area (Å²) in [6.45, 7) is 3.80. The number of rotatable bonds is 4. The van der Waals surface area contributed by atoms with Crippen LogP contribution in [0.3, 0.4) is 0 Å². The molecule has 0 aromatic heterocycles. The van der Waals surface area contributed by atoms with E-state index in [-0.39, 0.29) is 18.6 Å². The lowest BCUT2D eigenvalue weighted by atomic mass is 10.3. The minimum absolute atomic E-state index is 0.0251. The van der Waals surface area contributed by atoms with Crippen LogP contribution in [0, 0.1) is 11.3 Å². The Morgan fingerprint density at radius 3 is 2.50 bits per heavy atom. The summed E-state index contributed by atoms with van der Waals surface area (Å²) in [6.07, 6.45) is 0. The van der Waals surface area contributed by atoms with E-state index >= 15 is 0 Å². The lowest BCUT2D eigenvalue weighted by Crippen LogP contribution is -2.40. The number of carbonyl (C=O) groups excluding carboxylic acids is 1. The molecule has 1 rings (SSSR count). The second-order valence-corrected chi connectivity index (χ2v) is 4.04. The van der Waals surface area contributed by atoms with Crippen LogP contribution >= 0.6 is 0 Å². The molecule has 96 valence electrons. The van der Waals surface area contributed by atoms with Crippen molar-refractivity contribution in [2.24, 2.45) is 0 Å². The summed E-state index contributed by atoms with van der Waals surface area (Å²) in [7, 11) is 1.58. The maximum absolute atomic E-state index is 11.9. The van der Waals surface area contributed by atoms with Crippen molar-refractivity contribution in [1.29, 1.82) is 5.26 Å². The number of anilines is 1. The van der Waals surface area contributed by atoms with E-state index in [1.807, 2.05) is 19.9 Å². The lowest BCUT2D eigenvalue weighted by molar-refractivity contribution is 0.205. The Hall–Kier alpha value is -2.22. The van der Waals surface area contributed by atoms with Gasteiger partial charge in [-0.3, -0.25) is 0 Å². The molecule has 0 aliphatic carbocycles. The van der Waals surface area contributed by atoms with Crippen LogP contribution in [-0.2, 0) is 0 Å². The number of hydrogen-bond donors (Lipinski definition) is 1. The number of carbonyl (C=O) groups is 1. The van der Waals surface area contributed by atoms with E-state index in [1.165, 1.54) is 4.90 Å². The van der Waals surface area contributed by atoms with Crippen molar-refractivity contribution >= 4 is 11.7 Å². The van der Waals surface area contributed by atoms with Crippen LogP contribution < -0.4 is 10.1 Å². The number of ether oxygens (including phenoxy) is 1. The van der Waals surface area contributed by atoms with Gasteiger partial charge in [-0.2, -0.15) is 5.26 Å². The number of amides is 2. The Morgan fingerprint density at radius 1 is 1.44 bits per heavy atom. The highest BCUT2D eigenvalue weighted by atomic mass is 16.5. The number of hydrogen-bond acceptors (Lipinski definition) is 3. The fraction of sp³-hybridized carbons (Fsp3) is 0.385. The monoisotopic (exact) mass is 247 g/mol. The molecule has 0 fully saturated rings. The zero-order valence-electron chi connectivity index (χ0n) is 10.8. The predicted octanol–water partition coefficient (Wildman–Crippen LogP) is 2.46. The number of nitrogens with one attached hydrogen (secondary N) is 1. The van der Waals surface area contributed by atoms with Crippen LogP contribution in [-0.4, -0.2) is 30.6 Å². The second kappa shape index (κ2) is 6.50. The van der Waals surface area contributed by atoms with E-state index in [4.69, 9.17) is 10.00 Å². The average Bonchev–Trinajstić information content (AvgIpc) is 2.36. The van der Waals surface area contributed by atoms with Gasteiger partial charge >= 0.3 is 6.03 Å². The molecule has 0 saturated heterocycles. The Bertz CT molecular complexity index is 435. The van der Waals surface area contributed by atoms with Gasteiger partial charge in [0.2, 0.25) is 0 Å². The molecule has 0 heterocycles. The van der Waals surface area contributed by atoms with E-state index in [1.54, 1.807) is 31.4 Å².